The average Bonchev–Trinajstić information content (AvgIpc) is 2.73. The molecule has 2 aromatic carbocycles. The van der Waals surface area contributed by atoms with E-state index in [0.717, 1.165) is 6.07 Å². The number of hydrogen-bond donors (Lipinski definition) is 1. The summed E-state index contributed by atoms with van der Waals surface area (Å²) >= 11 is 0. The summed E-state index contributed by atoms with van der Waals surface area (Å²) in [5.74, 6) is -1.82. The summed E-state index contributed by atoms with van der Waals surface area (Å²) in [6.45, 7) is 0. The lowest BCUT2D eigenvalue weighted by Gasteiger charge is -2.12. The highest BCUT2D eigenvalue weighted by Crippen LogP contribution is 2.28. The lowest BCUT2D eigenvalue weighted by molar-refractivity contribution is 0.0696. The number of aromatic carboxylic acids is 1. The minimum Gasteiger partial charge on any atom is -0.478 e. The van der Waals surface area contributed by atoms with E-state index in [1.54, 1.807) is 42.6 Å². The number of benzene rings is 2. The van der Waals surface area contributed by atoms with Gasteiger partial charge in [-0.15, -0.1) is 0 Å². The van der Waals surface area contributed by atoms with Crippen LogP contribution in [0.2, 0.25) is 0 Å². The van der Waals surface area contributed by atoms with Gasteiger partial charge in [-0.1, -0.05) is 12.1 Å². The van der Waals surface area contributed by atoms with Crippen molar-refractivity contribution in [3.05, 3.63) is 83.0 Å². The molecule has 0 aliphatic heterocycles. The van der Waals surface area contributed by atoms with Crippen molar-refractivity contribution in [2.75, 3.05) is 0 Å². The van der Waals surface area contributed by atoms with E-state index in [-0.39, 0.29) is 21.6 Å². The Morgan fingerprint density at radius 3 is 2.45 bits per heavy atom. The number of nitriles is 2. The maximum Gasteiger partial charge on any atom is 0.335 e. The van der Waals surface area contributed by atoms with E-state index in [2.05, 4.69) is 4.98 Å². The van der Waals surface area contributed by atoms with Gasteiger partial charge in [-0.05, 0) is 48.0 Å². The summed E-state index contributed by atoms with van der Waals surface area (Å²) in [7, 11) is -4.09. The molecule has 29 heavy (non-hydrogen) atoms. The second kappa shape index (κ2) is 7.93. The van der Waals surface area contributed by atoms with Gasteiger partial charge in [0.15, 0.2) is 9.84 Å². The van der Waals surface area contributed by atoms with E-state index in [4.69, 9.17) is 5.11 Å². The molecule has 1 heterocycles. The van der Waals surface area contributed by atoms with Crippen LogP contribution in [0.5, 0.6) is 0 Å². The second-order valence-electron chi connectivity index (χ2n) is 6.09. The van der Waals surface area contributed by atoms with E-state index in [0.29, 0.717) is 16.8 Å². The van der Waals surface area contributed by atoms with Crippen molar-refractivity contribution in [2.45, 2.75) is 10.6 Å². The highest BCUT2D eigenvalue weighted by atomic mass is 32.2. The summed E-state index contributed by atoms with van der Waals surface area (Å²) in [5, 5.41) is 27.6. The smallest absolute Gasteiger partial charge is 0.335 e. The Labute approximate surface area is 167 Å². The number of pyridine rings is 1. The first-order chi connectivity index (χ1) is 13.9. The van der Waals surface area contributed by atoms with Gasteiger partial charge in [-0.25, -0.2) is 13.2 Å². The van der Waals surface area contributed by atoms with Crippen molar-refractivity contribution in [2.24, 2.45) is 0 Å². The summed E-state index contributed by atoms with van der Waals surface area (Å²) in [4.78, 5) is 15.1. The third-order valence-corrected chi connectivity index (χ3v) is 5.90. The quantitative estimate of drug-likeness (QED) is 0.692. The fourth-order valence-corrected chi connectivity index (χ4v) is 4.40. The molecule has 0 amide bonds. The van der Waals surface area contributed by atoms with Crippen LogP contribution in [-0.2, 0) is 15.6 Å². The number of carbonyl (C=O) groups is 1. The van der Waals surface area contributed by atoms with Gasteiger partial charge in [0, 0.05) is 11.8 Å². The van der Waals surface area contributed by atoms with Crippen LogP contribution in [0.4, 0.5) is 0 Å². The van der Waals surface area contributed by atoms with Crippen LogP contribution in [-0.4, -0.2) is 24.5 Å². The molecular formula is C21H13N3O4S. The summed E-state index contributed by atoms with van der Waals surface area (Å²) < 4.78 is 26.2. The molecule has 0 aliphatic rings. The van der Waals surface area contributed by atoms with E-state index in [1.165, 1.54) is 18.2 Å². The Balaban J connectivity index is 2.15. The molecule has 0 bridgehead atoms. The van der Waals surface area contributed by atoms with Gasteiger partial charge in [-0.2, -0.15) is 10.5 Å². The summed E-state index contributed by atoms with van der Waals surface area (Å²) in [5.41, 5.74) is 1.27. The molecule has 0 saturated heterocycles. The Morgan fingerprint density at radius 2 is 1.83 bits per heavy atom. The van der Waals surface area contributed by atoms with Crippen LogP contribution in [0.15, 0.2) is 65.7 Å². The number of nitrogens with zero attached hydrogens (tertiary/aromatic N) is 3. The molecular weight excluding hydrogens is 390 g/mol. The van der Waals surface area contributed by atoms with E-state index in [9.17, 15) is 23.7 Å². The van der Waals surface area contributed by atoms with Gasteiger partial charge < -0.3 is 5.11 Å². The van der Waals surface area contributed by atoms with Gasteiger partial charge in [0.2, 0.25) is 0 Å². The van der Waals surface area contributed by atoms with Crippen LogP contribution in [0, 0.1) is 22.7 Å². The summed E-state index contributed by atoms with van der Waals surface area (Å²) in [6.07, 6.45) is 1.57. The number of aromatic nitrogens is 1. The SMILES string of the molecule is N#Cc1ccc(-c2ccccn2)c(CS(=O)(=O)c2cc(C(=O)O)ccc2C#N)c1. The van der Waals surface area contributed by atoms with Crippen LogP contribution < -0.4 is 0 Å². The number of sulfone groups is 1. The number of rotatable bonds is 5. The minimum atomic E-state index is -4.09. The first kappa shape index (κ1) is 19.7. The van der Waals surface area contributed by atoms with Gasteiger partial charge >= 0.3 is 5.97 Å². The van der Waals surface area contributed by atoms with Gasteiger partial charge in [0.25, 0.3) is 0 Å². The monoisotopic (exact) mass is 403 g/mol. The molecule has 8 heteroatoms. The highest BCUT2D eigenvalue weighted by molar-refractivity contribution is 7.90. The molecule has 0 fully saturated rings. The fraction of sp³-hybridized carbons (Fsp3) is 0.0476. The molecule has 3 aromatic rings. The molecule has 0 aliphatic carbocycles. The molecule has 7 nitrogen and oxygen atoms in total. The van der Waals surface area contributed by atoms with Crippen molar-refractivity contribution in [3.63, 3.8) is 0 Å². The lowest BCUT2D eigenvalue weighted by atomic mass is 10.0. The molecule has 0 spiro atoms. The van der Waals surface area contributed by atoms with Crippen molar-refractivity contribution < 1.29 is 18.3 Å². The first-order valence-electron chi connectivity index (χ1n) is 8.30. The zero-order valence-electron chi connectivity index (χ0n) is 14.9. The zero-order valence-corrected chi connectivity index (χ0v) is 15.7. The molecule has 142 valence electrons. The maximum atomic E-state index is 13.1. The zero-order chi connectivity index (χ0) is 21.0. The largest absolute Gasteiger partial charge is 0.478 e. The van der Waals surface area contributed by atoms with Crippen molar-refractivity contribution in [3.8, 4) is 23.4 Å². The fourth-order valence-electron chi connectivity index (χ4n) is 2.84. The van der Waals surface area contributed by atoms with Crippen molar-refractivity contribution in [1.82, 2.24) is 4.98 Å². The van der Waals surface area contributed by atoms with Crippen molar-refractivity contribution >= 4 is 15.8 Å². The molecule has 1 N–H and O–H groups in total. The van der Waals surface area contributed by atoms with Crippen molar-refractivity contribution in [1.29, 1.82) is 10.5 Å². The van der Waals surface area contributed by atoms with E-state index < -0.39 is 21.6 Å². The van der Waals surface area contributed by atoms with Crippen LogP contribution in [0.3, 0.4) is 0 Å². The lowest BCUT2D eigenvalue weighted by Crippen LogP contribution is -2.10. The predicted octanol–water partition coefficient (Wildman–Crippen LogP) is 3.16. The molecule has 0 radical (unpaired) electrons. The molecule has 3 rings (SSSR count). The standard InChI is InChI=1S/C21H13N3O4S/c22-11-14-4-7-18(19-3-1-2-8-24-19)17(9-14)13-29(27,28)20-10-15(21(25)26)5-6-16(20)12-23/h1-10H,13H2,(H,25,26). The Morgan fingerprint density at radius 1 is 1.03 bits per heavy atom. The van der Waals surface area contributed by atoms with Gasteiger partial charge in [0.05, 0.1) is 39.1 Å². The average molecular weight is 403 g/mol. The third kappa shape index (κ3) is 4.13. The maximum absolute atomic E-state index is 13.1. The van der Waals surface area contributed by atoms with Crippen LogP contribution in [0.1, 0.15) is 27.0 Å². The number of carboxylic acids is 1. The molecule has 1 aromatic heterocycles. The van der Waals surface area contributed by atoms with Gasteiger partial charge in [0.1, 0.15) is 6.07 Å². The minimum absolute atomic E-state index is 0.147. The summed E-state index contributed by atoms with van der Waals surface area (Å²) in [6, 6.07) is 16.9. The predicted molar refractivity (Wildman–Crippen MR) is 103 cm³/mol. The number of carboxylic acid groups (broad SMARTS) is 1. The first-order valence-corrected chi connectivity index (χ1v) is 9.95. The Hall–Kier alpha value is -4.01. The van der Waals surface area contributed by atoms with Crippen LogP contribution >= 0.6 is 0 Å². The number of hydrogen-bond acceptors (Lipinski definition) is 6. The Bertz CT molecular complexity index is 1290. The molecule has 0 unspecified atom stereocenters. The molecule has 0 saturated carbocycles. The normalized spacial score (nSPS) is 10.7. The highest BCUT2D eigenvalue weighted by Gasteiger charge is 2.23. The topological polar surface area (TPSA) is 132 Å². The van der Waals surface area contributed by atoms with E-state index in [1.807, 2.05) is 6.07 Å². The van der Waals surface area contributed by atoms with Crippen LogP contribution in [0.25, 0.3) is 11.3 Å². The molecule has 0 atom stereocenters. The van der Waals surface area contributed by atoms with Gasteiger partial charge in [-0.3, -0.25) is 4.98 Å². The second-order valence-corrected chi connectivity index (χ2v) is 8.04. The third-order valence-electron chi connectivity index (χ3n) is 4.20. The Kier molecular flexibility index (Phi) is 5.40. The van der Waals surface area contributed by atoms with E-state index >= 15 is 0 Å².